The average molecular weight is 369 g/mol. The third kappa shape index (κ3) is 4.22. The number of halogens is 3. The number of carboxylic acid groups (broad SMARTS) is 1. The molecule has 2 saturated carbocycles. The van der Waals surface area contributed by atoms with Gasteiger partial charge in [0.2, 0.25) is 0 Å². The minimum absolute atomic E-state index is 0.245. The van der Waals surface area contributed by atoms with Gasteiger partial charge in [-0.3, -0.25) is 4.79 Å². The molecule has 6 heteroatoms. The normalized spacial score (nSPS) is 26.0. The lowest BCUT2D eigenvalue weighted by atomic mass is 9.77. The molecule has 2 aliphatic rings. The highest BCUT2D eigenvalue weighted by molar-refractivity contribution is 5.70. The van der Waals surface area contributed by atoms with Gasteiger partial charge in [0.05, 0.1) is 11.5 Å². The van der Waals surface area contributed by atoms with Crippen LogP contribution in [0.2, 0.25) is 0 Å². The number of nitrogens with one attached hydrogen (secondary N) is 1. The molecule has 26 heavy (non-hydrogen) atoms. The van der Waals surface area contributed by atoms with Gasteiger partial charge in [-0.1, -0.05) is 31.0 Å². The van der Waals surface area contributed by atoms with E-state index in [-0.39, 0.29) is 17.4 Å². The van der Waals surface area contributed by atoms with Crippen molar-refractivity contribution in [3.63, 3.8) is 0 Å². The van der Waals surface area contributed by atoms with Gasteiger partial charge in [-0.25, -0.2) is 0 Å². The number of rotatable bonds is 5. The monoisotopic (exact) mass is 369 g/mol. The summed E-state index contributed by atoms with van der Waals surface area (Å²) in [5.74, 6) is -0.975. The van der Waals surface area contributed by atoms with Crippen LogP contribution in [-0.4, -0.2) is 23.7 Å². The van der Waals surface area contributed by atoms with Gasteiger partial charge < -0.3 is 10.4 Å². The fourth-order valence-corrected chi connectivity index (χ4v) is 4.53. The maximum absolute atomic E-state index is 13.1. The summed E-state index contributed by atoms with van der Waals surface area (Å²) >= 11 is 0. The summed E-state index contributed by atoms with van der Waals surface area (Å²) in [6.45, 7) is 0.663. The summed E-state index contributed by atoms with van der Waals surface area (Å²) in [6, 6.07) is 6.04. The van der Waals surface area contributed by atoms with Crippen LogP contribution in [0.5, 0.6) is 0 Å². The second-order valence-corrected chi connectivity index (χ2v) is 7.83. The SMILES string of the molecule is O=C(O)C1CCC(NCC2(c3cccc(C(F)(F)F)c3)CCCC2)CC1. The van der Waals surface area contributed by atoms with Gasteiger partial charge in [-0.15, -0.1) is 0 Å². The molecule has 0 radical (unpaired) electrons. The third-order valence-corrected chi connectivity index (χ3v) is 6.17. The molecular formula is C20H26F3NO2. The Balaban J connectivity index is 1.68. The van der Waals surface area contributed by atoms with Gasteiger partial charge >= 0.3 is 12.1 Å². The quantitative estimate of drug-likeness (QED) is 0.787. The molecule has 0 atom stereocenters. The Labute approximate surface area is 152 Å². The van der Waals surface area contributed by atoms with Gasteiger partial charge in [0.1, 0.15) is 0 Å². The molecule has 2 N–H and O–H groups in total. The molecule has 2 fully saturated rings. The van der Waals surface area contributed by atoms with Crippen LogP contribution in [0.1, 0.15) is 62.5 Å². The van der Waals surface area contributed by atoms with E-state index in [1.807, 2.05) is 6.07 Å². The Hall–Kier alpha value is -1.56. The third-order valence-electron chi connectivity index (χ3n) is 6.17. The largest absolute Gasteiger partial charge is 0.481 e. The van der Waals surface area contributed by atoms with Crippen LogP contribution >= 0.6 is 0 Å². The van der Waals surface area contributed by atoms with Crippen molar-refractivity contribution in [2.75, 3.05) is 6.54 Å². The molecule has 3 rings (SSSR count). The van der Waals surface area contributed by atoms with E-state index in [2.05, 4.69) is 5.32 Å². The highest BCUT2D eigenvalue weighted by Crippen LogP contribution is 2.42. The summed E-state index contributed by atoms with van der Waals surface area (Å²) in [5.41, 5.74) is -0.0509. The van der Waals surface area contributed by atoms with Crippen molar-refractivity contribution in [3.8, 4) is 0 Å². The first-order chi connectivity index (χ1) is 12.3. The van der Waals surface area contributed by atoms with Crippen molar-refractivity contribution < 1.29 is 23.1 Å². The maximum atomic E-state index is 13.1. The van der Waals surface area contributed by atoms with E-state index in [9.17, 15) is 18.0 Å². The predicted molar refractivity (Wildman–Crippen MR) is 93.0 cm³/mol. The van der Waals surface area contributed by atoms with Crippen LogP contribution in [0.4, 0.5) is 13.2 Å². The van der Waals surface area contributed by atoms with Crippen molar-refractivity contribution in [1.82, 2.24) is 5.32 Å². The molecule has 0 saturated heterocycles. The van der Waals surface area contributed by atoms with Crippen LogP contribution in [0.15, 0.2) is 24.3 Å². The van der Waals surface area contributed by atoms with Crippen molar-refractivity contribution >= 4 is 5.97 Å². The van der Waals surface area contributed by atoms with Crippen LogP contribution in [-0.2, 0) is 16.4 Å². The molecule has 1 aromatic carbocycles. The standard InChI is InChI=1S/C20H26F3NO2/c21-20(22,23)16-5-3-4-15(12-16)19(10-1-2-11-19)13-24-17-8-6-14(7-9-17)18(25)26/h3-5,12,14,17,24H,1-2,6-11,13H2,(H,25,26). The number of carboxylic acids is 1. The van der Waals surface area contributed by atoms with Gasteiger partial charge in [0.15, 0.2) is 0 Å². The molecule has 144 valence electrons. The zero-order valence-corrected chi connectivity index (χ0v) is 14.8. The summed E-state index contributed by atoms with van der Waals surface area (Å²) in [7, 11) is 0. The molecule has 0 amide bonds. The Morgan fingerprint density at radius 2 is 1.81 bits per heavy atom. The van der Waals surface area contributed by atoms with E-state index in [1.54, 1.807) is 0 Å². The first kappa shape index (κ1) is 19.2. The van der Waals surface area contributed by atoms with Crippen molar-refractivity contribution in [3.05, 3.63) is 35.4 Å². The molecular weight excluding hydrogens is 343 g/mol. The second kappa shape index (κ2) is 7.59. The Morgan fingerprint density at radius 3 is 2.38 bits per heavy atom. The predicted octanol–water partition coefficient (Wildman–Crippen LogP) is 4.75. The number of benzene rings is 1. The minimum atomic E-state index is -4.32. The zero-order valence-electron chi connectivity index (χ0n) is 14.8. The molecule has 2 aliphatic carbocycles. The first-order valence-electron chi connectivity index (χ1n) is 9.44. The number of hydrogen-bond donors (Lipinski definition) is 2. The highest BCUT2D eigenvalue weighted by Gasteiger charge is 2.38. The molecule has 3 nitrogen and oxygen atoms in total. The summed E-state index contributed by atoms with van der Waals surface area (Å²) in [4.78, 5) is 11.1. The Morgan fingerprint density at radius 1 is 1.15 bits per heavy atom. The van der Waals surface area contributed by atoms with E-state index < -0.39 is 17.7 Å². The van der Waals surface area contributed by atoms with Crippen molar-refractivity contribution in [2.45, 2.75) is 69.0 Å². The fourth-order valence-electron chi connectivity index (χ4n) is 4.53. The lowest BCUT2D eigenvalue weighted by Crippen LogP contribution is -2.43. The lowest BCUT2D eigenvalue weighted by Gasteiger charge is -2.34. The molecule has 0 unspecified atom stereocenters. The van der Waals surface area contributed by atoms with Gasteiger partial charge in [-0.2, -0.15) is 13.2 Å². The number of hydrogen-bond acceptors (Lipinski definition) is 2. The van der Waals surface area contributed by atoms with Crippen LogP contribution in [0.3, 0.4) is 0 Å². The molecule has 0 aromatic heterocycles. The van der Waals surface area contributed by atoms with Crippen LogP contribution < -0.4 is 5.32 Å². The van der Waals surface area contributed by atoms with Crippen molar-refractivity contribution in [2.24, 2.45) is 5.92 Å². The fraction of sp³-hybridized carbons (Fsp3) is 0.650. The van der Waals surface area contributed by atoms with E-state index in [0.29, 0.717) is 19.4 Å². The van der Waals surface area contributed by atoms with Gasteiger partial charge in [0.25, 0.3) is 0 Å². The smallest absolute Gasteiger partial charge is 0.416 e. The second-order valence-electron chi connectivity index (χ2n) is 7.83. The lowest BCUT2D eigenvalue weighted by molar-refractivity contribution is -0.143. The first-order valence-corrected chi connectivity index (χ1v) is 9.44. The topological polar surface area (TPSA) is 49.3 Å². The Bertz CT molecular complexity index is 630. The van der Waals surface area contributed by atoms with Gasteiger partial charge in [-0.05, 0) is 50.2 Å². The zero-order chi connectivity index (χ0) is 18.8. The maximum Gasteiger partial charge on any atom is 0.416 e. The molecule has 0 heterocycles. The molecule has 1 aromatic rings. The number of aliphatic carboxylic acids is 1. The van der Waals surface area contributed by atoms with Crippen LogP contribution in [0.25, 0.3) is 0 Å². The summed E-state index contributed by atoms with van der Waals surface area (Å²) in [6.07, 6.45) is 2.50. The van der Waals surface area contributed by atoms with Gasteiger partial charge in [0, 0.05) is 18.0 Å². The van der Waals surface area contributed by atoms with Crippen LogP contribution in [0, 0.1) is 5.92 Å². The van der Waals surface area contributed by atoms with E-state index in [1.165, 1.54) is 12.1 Å². The van der Waals surface area contributed by atoms with E-state index >= 15 is 0 Å². The average Bonchev–Trinajstić information content (AvgIpc) is 3.10. The van der Waals surface area contributed by atoms with E-state index in [4.69, 9.17) is 5.11 Å². The van der Waals surface area contributed by atoms with Crippen molar-refractivity contribution in [1.29, 1.82) is 0 Å². The number of alkyl halides is 3. The minimum Gasteiger partial charge on any atom is -0.481 e. The molecule has 0 spiro atoms. The molecule has 0 aliphatic heterocycles. The van der Waals surface area contributed by atoms with E-state index in [0.717, 1.165) is 50.2 Å². The number of carbonyl (C=O) groups is 1. The Kier molecular flexibility index (Phi) is 5.61. The summed E-state index contributed by atoms with van der Waals surface area (Å²) in [5, 5.41) is 12.6. The molecule has 0 bridgehead atoms. The summed E-state index contributed by atoms with van der Waals surface area (Å²) < 4.78 is 39.3. The highest BCUT2D eigenvalue weighted by atomic mass is 19.4.